The summed E-state index contributed by atoms with van der Waals surface area (Å²) >= 11 is 6.33. The number of carbonyl (C=O) groups excluding carboxylic acids is 1. The molecule has 0 saturated heterocycles. The van der Waals surface area contributed by atoms with Gasteiger partial charge in [-0.3, -0.25) is 9.98 Å². The number of hydrogen-bond donors (Lipinski definition) is 1. The lowest BCUT2D eigenvalue weighted by molar-refractivity contribution is -0.142. The van der Waals surface area contributed by atoms with E-state index >= 15 is 0 Å². The molecule has 19 heavy (non-hydrogen) atoms. The first kappa shape index (κ1) is 13.5. The Bertz CT molecular complexity index is 539. The number of hydrogen-bond acceptors (Lipinski definition) is 5. The van der Waals surface area contributed by atoms with Crippen LogP contribution in [-0.4, -0.2) is 35.7 Å². The van der Waals surface area contributed by atoms with Crippen LogP contribution in [0.1, 0.15) is 5.69 Å². The highest BCUT2D eigenvalue weighted by atomic mass is 35.5. The molecule has 0 spiro atoms. The molecule has 0 fully saturated rings. The van der Waals surface area contributed by atoms with Gasteiger partial charge < -0.3 is 10.1 Å². The molecule has 6 heteroatoms. The Balaban J connectivity index is 2.25. The summed E-state index contributed by atoms with van der Waals surface area (Å²) in [4.78, 5) is 18.7. The number of nitrogens with one attached hydrogen (secondary N) is 1. The third-order valence-corrected chi connectivity index (χ3v) is 3.26. The minimum atomic E-state index is -1.31. The third kappa shape index (κ3) is 2.76. The Morgan fingerprint density at radius 3 is 2.95 bits per heavy atom. The van der Waals surface area contributed by atoms with Crippen LogP contribution in [0.25, 0.3) is 0 Å². The molecular formula is C13H14ClN3O2. The van der Waals surface area contributed by atoms with Crippen molar-refractivity contribution in [3.63, 3.8) is 0 Å². The summed E-state index contributed by atoms with van der Waals surface area (Å²) in [5.41, 5.74) is 2.19. The lowest BCUT2D eigenvalue weighted by atomic mass is 10.0. The molecule has 2 rings (SSSR count). The highest BCUT2D eigenvalue weighted by Crippen LogP contribution is 2.30. The summed E-state index contributed by atoms with van der Waals surface area (Å²) in [6.45, 7) is 2.04. The van der Waals surface area contributed by atoms with Crippen molar-refractivity contribution >= 4 is 29.5 Å². The molecule has 1 aliphatic heterocycles. The van der Waals surface area contributed by atoms with Gasteiger partial charge >= 0.3 is 5.97 Å². The van der Waals surface area contributed by atoms with Crippen LogP contribution in [0.3, 0.4) is 0 Å². The second-order valence-electron chi connectivity index (χ2n) is 4.18. The van der Waals surface area contributed by atoms with Crippen LogP contribution in [0.2, 0.25) is 0 Å². The van der Waals surface area contributed by atoms with Crippen molar-refractivity contribution in [3.8, 4) is 0 Å². The van der Waals surface area contributed by atoms with E-state index in [-0.39, 0.29) is 6.54 Å². The predicted octanol–water partition coefficient (Wildman–Crippen LogP) is 1.92. The molecule has 0 radical (unpaired) electrons. The summed E-state index contributed by atoms with van der Waals surface area (Å²) in [7, 11) is 1.30. The Kier molecular flexibility index (Phi) is 3.85. The molecule has 5 nitrogen and oxygen atoms in total. The molecule has 1 aromatic rings. The maximum atomic E-state index is 11.8. The molecule has 0 aromatic carbocycles. The van der Waals surface area contributed by atoms with Gasteiger partial charge in [0.2, 0.25) is 4.87 Å². The van der Waals surface area contributed by atoms with Crippen molar-refractivity contribution in [1.82, 2.24) is 4.98 Å². The van der Waals surface area contributed by atoms with Crippen LogP contribution in [0.4, 0.5) is 5.69 Å². The van der Waals surface area contributed by atoms with E-state index in [4.69, 9.17) is 16.3 Å². The maximum absolute atomic E-state index is 11.8. The van der Waals surface area contributed by atoms with Gasteiger partial charge in [0.05, 0.1) is 31.2 Å². The lowest BCUT2D eigenvalue weighted by Crippen LogP contribution is -2.43. The average Bonchev–Trinajstić information content (AvgIpc) is 2.43. The first-order valence-electron chi connectivity index (χ1n) is 5.74. The smallest absolute Gasteiger partial charge is 0.335 e. The molecule has 1 aromatic heterocycles. The number of allylic oxidation sites excluding steroid dienone is 1. The summed E-state index contributed by atoms with van der Waals surface area (Å²) in [5, 5.41) is 3.09. The Hall–Kier alpha value is -1.88. The zero-order valence-electron chi connectivity index (χ0n) is 10.7. The SMILES string of the molecule is COC(=O)C1(Cl)CN=CC=C1Nc1ccc(C)nc1. The zero-order valence-corrected chi connectivity index (χ0v) is 11.4. The van der Waals surface area contributed by atoms with Crippen molar-refractivity contribution in [1.29, 1.82) is 0 Å². The van der Waals surface area contributed by atoms with Gasteiger partial charge in [0.25, 0.3) is 0 Å². The van der Waals surface area contributed by atoms with E-state index in [1.807, 2.05) is 19.1 Å². The number of aliphatic imine (C=N–C) groups is 1. The molecule has 0 bridgehead atoms. The number of anilines is 1. The van der Waals surface area contributed by atoms with Crippen LogP contribution in [-0.2, 0) is 9.53 Å². The molecule has 100 valence electrons. The summed E-state index contributed by atoms with van der Waals surface area (Å²) in [6.07, 6.45) is 4.94. The van der Waals surface area contributed by atoms with Crippen LogP contribution < -0.4 is 5.32 Å². The number of aryl methyl sites for hydroxylation is 1. The van der Waals surface area contributed by atoms with Crippen molar-refractivity contribution in [2.24, 2.45) is 4.99 Å². The maximum Gasteiger partial charge on any atom is 0.335 e. The minimum absolute atomic E-state index is 0.138. The van der Waals surface area contributed by atoms with Gasteiger partial charge in [-0.1, -0.05) is 11.6 Å². The molecule has 1 N–H and O–H groups in total. The molecule has 0 aliphatic carbocycles. The van der Waals surface area contributed by atoms with E-state index < -0.39 is 10.8 Å². The molecule has 0 saturated carbocycles. The Morgan fingerprint density at radius 1 is 1.53 bits per heavy atom. The van der Waals surface area contributed by atoms with Crippen molar-refractivity contribution < 1.29 is 9.53 Å². The fraction of sp³-hybridized carbons (Fsp3) is 0.308. The second kappa shape index (κ2) is 5.40. The number of ether oxygens (including phenoxy) is 1. The van der Waals surface area contributed by atoms with Gasteiger partial charge in [-0.15, -0.1) is 0 Å². The van der Waals surface area contributed by atoms with Crippen molar-refractivity contribution in [2.75, 3.05) is 19.0 Å². The molecule has 1 aliphatic rings. The van der Waals surface area contributed by atoms with E-state index in [9.17, 15) is 4.79 Å². The number of pyridine rings is 1. The number of esters is 1. The number of alkyl halides is 1. The zero-order chi connectivity index (χ0) is 13.9. The van der Waals surface area contributed by atoms with E-state index in [0.29, 0.717) is 5.70 Å². The van der Waals surface area contributed by atoms with Gasteiger partial charge in [-0.25, -0.2) is 4.79 Å². The minimum Gasteiger partial charge on any atom is -0.467 e. The van der Waals surface area contributed by atoms with Gasteiger partial charge in [-0.2, -0.15) is 0 Å². The Morgan fingerprint density at radius 2 is 2.32 bits per heavy atom. The van der Waals surface area contributed by atoms with E-state index in [0.717, 1.165) is 11.4 Å². The molecule has 1 atom stereocenters. The van der Waals surface area contributed by atoms with E-state index in [1.54, 1.807) is 18.5 Å². The standard InChI is InChI=1S/C13H14ClN3O2/c1-9-3-4-10(7-16-9)17-11-5-6-15-8-13(11,14)12(18)19-2/h3-7,17H,8H2,1-2H3. The number of methoxy groups -OCH3 is 1. The van der Waals surface area contributed by atoms with Crippen molar-refractivity contribution in [3.05, 3.63) is 35.8 Å². The first-order valence-corrected chi connectivity index (χ1v) is 6.11. The van der Waals surface area contributed by atoms with Crippen LogP contribution >= 0.6 is 11.6 Å². The molecular weight excluding hydrogens is 266 g/mol. The molecule has 0 amide bonds. The van der Waals surface area contributed by atoms with Gasteiger partial charge in [0, 0.05) is 11.9 Å². The van der Waals surface area contributed by atoms with Crippen molar-refractivity contribution in [2.45, 2.75) is 11.8 Å². The fourth-order valence-electron chi connectivity index (χ4n) is 1.70. The van der Waals surface area contributed by atoms with E-state index in [1.165, 1.54) is 7.11 Å². The monoisotopic (exact) mass is 279 g/mol. The molecule has 2 heterocycles. The largest absolute Gasteiger partial charge is 0.467 e. The van der Waals surface area contributed by atoms with Gasteiger partial charge in [0.1, 0.15) is 0 Å². The molecule has 1 unspecified atom stereocenters. The predicted molar refractivity (Wildman–Crippen MR) is 74.6 cm³/mol. The summed E-state index contributed by atoms with van der Waals surface area (Å²) in [6, 6.07) is 3.73. The first-order chi connectivity index (χ1) is 9.06. The number of nitrogens with zero attached hydrogens (tertiary/aromatic N) is 2. The topological polar surface area (TPSA) is 63.6 Å². The quantitative estimate of drug-likeness (QED) is 0.678. The van der Waals surface area contributed by atoms with Crippen LogP contribution in [0.15, 0.2) is 35.1 Å². The number of rotatable bonds is 3. The fourth-order valence-corrected chi connectivity index (χ4v) is 1.95. The number of dihydropyridines is 1. The number of halogens is 1. The van der Waals surface area contributed by atoms with E-state index in [2.05, 4.69) is 15.3 Å². The Labute approximate surface area is 116 Å². The summed E-state index contributed by atoms with van der Waals surface area (Å²) < 4.78 is 4.74. The average molecular weight is 280 g/mol. The number of carbonyl (C=O) groups is 1. The van der Waals surface area contributed by atoms with Crippen LogP contribution in [0, 0.1) is 6.92 Å². The van der Waals surface area contributed by atoms with Gasteiger partial charge in [0.15, 0.2) is 0 Å². The third-order valence-electron chi connectivity index (χ3n) is 2.78. The normalized spacial score (nSPS) is 21.7. The lowest BCUT2D eigenvalue weighted by Gasteiger charge is -2.28. The highest BCUT2D eigenvalue weighted by molar-refractivity contribution is 6.37. The summed E-state index contributed by atoms with van der Waals surface area (Å²) in [5.74, 6) is -0.537. The highest BCUT2D eigenvalue weighted by Gasteiger charge is 2.42. The number of aromatic nitrogens is 1. The second-order valence-corrected chi connectivity index (χ2v) is 4.82. The van der Waals surface area contributed by atoms with Gasteiger partial charge in [-0.05, 0) is 25.1 Å². The van der Waals surface area contributed by atoms with Crippen LogP contribution in [0.5, 0.6) is 0 Å².